The van der Waals surface area contributed by atoms with Gasteiger partial charge in [0, 0.05) is 57.8 Å². The Balaban J connectivity index is 1.39. The molecule has 3 amide bonds. The van der Waals surface area contributed by atoms with Crippen molar-refractivity contribution in [3.05, 3.63) is 29.3 Å². The number of rotatable bonds is 5. The van der Waals surface area contributed by atoms with Gasteiger partial charge >= 0.3 is 6.09 Å². The highest BCUT2D eigenvalue weighted by Gasteiger charge is 2.41. The van der Waals surface area contributed by atoms with Gasteiger partial charge in [-0.15, -0.1) is 5.06 Å². The van der Waals surface area contributed by atoms with Gasteiger partial charge in [-0.2, -0.15) is 0 Å². The Morgan fingerprint density at radius 1 is 1.06 bits per heavy atom. The fraction of sp³-hybridized carbons (Fsp3) is 0.609. The Labute approximate surface area is 192 Å². The number of carbonyl (C=O) groups is 3. The summed E-state index contributed by atoms with van der Waals surface area (Å²) >= 11 is 0. The number of morpholine rings is 1. The van der Waals surface area contributed by atoms with Crippen LogP contribution in [0.4, 0.5) is 14.9 Å². The fourth-order valence-corrected chi connectivity index (χ4v) is 4.66. The van der Waals surface area contributed by atoms with Crippen LogP contribution in [0.5, 0.6) is 0 Å². The molecule has 0 spiro atoms. The smallest absolute Gasteiger partial charge is 0.378 e. The van der Waals surface area contributed by atoms with Gasteiger partial charge in [-0.3, -0.25) is 19.4 Å². The van der Waals surface area contributed by atoms with E-state index in [9.17, 15) is 18.8 Å². The number of hydrogen-bond acceptors (Lipinski definition) is 7. The molecule has 0 unspecified atom stereocenters. The van der Waals surface area contributed by atoms with Crippen LogP contribution in [0.2, 0.25) is 0 Å². The molecule has 3 heterocycles. The number of hydrogen-bond donors (Lipinski definition) is 0. The van der Waals surface area contributed by atoms with Crippen molar-refractivity contribution in [1.82, 2.24) is 14.9 Å². The summed E-state index contributed by atoms with van der Waals surface area (Å²) in [6.07, 6.45) is -0.586. The minimum absolute atomic E-state index is 0.0600. The highest BCUT2D eigenvalue weighted by Crippen LogP contribution is 2.27. The Hall–Kier alpha value is -2.72. The number of hydroxylamine groups is 2. The zero-order valence-corrected chi connectivity index (χ0v) is 19.2. The number of piperazine rings is 1. The first-order chi connectivity index (χ1) is 15.8. The summed E-state index contributed by atoms with van der Waals surface area (Å²) in [6, 6.07) is 5.93. The first kappa shape index (κ1) is 23.4. The summed E-state index contributed by atoms with van der Waals surface area (Å²) < 4.78 is 19.3. The normalized spacial score (nSPS) is 21.6. The molecule has 3 saturated heterocycles. The molecule has 1 aromatic carbocycles. The molecule has 180 valence electrons. The lowest BCUT2D eigenvalue weighted by Gasteiger charge is -2.46. The third kappa shape index (κ3) is 5.11. The lowest BCUT2D eigenvalue weighted by Crippen LogP contribution is -2.61. The topological polar surface area (TPSA) is 82.6 Å². The number of anilines is 1. The van der Waals surface area contributed by atoms with E-state index in [2.05, 4.69) is 9.80 Å². The molecule has 3 fully saturated rings. The second kappa shape index (κ2) is 9.64. The molecular formula is C23H31FN4O5. The molecule has 3 aliphatic rings. The molecule has 0 N–H and O–H groups in total. The summed E-state index contributed by atoms with van der Waals surface area (Å²) in [4.78, 5) is 47.3. The van der Waals surface area contributed by atoms with Crippen LogP contribution in [0, 0.1) is 0 Å². The van der Waals surface area contributed by atoms with Crippen molar-refractivity contribution < 1.29 is 28.3 Å². The van der Waals surface area contributed by atoms with Crippen molar-refractivity contribution in [2.24, 2.45) is 0 Å². The number of nitrogens with zero attached hydrogens (tertiary/aromatic N) is 4. The third-order valence-electron chi connectivity index (χ3n) is 6.48. The van der Waals surface area contributed by atoms with Gasteiger partial charge < -0.3 is 14.5 Å². The highest BCUT2D eigenvalue weighted by atomic mass is 19.1. The SMILES string of the molecule is CC1(C)CN(Cc2ccc(N3CCOCC3)cc2CF)CCN1C(=O)ON1C(=O)CCC1=O. The average molecular weight is 463 g/mol. The Morgan fingerprint density at radius 3 is 2.39 bits per heavy atom. The van der Waals surface area contributed by atoms with Crippen molar-refractivity contribution in [1.29, 1.82) is 0 Å². The molecule has 3 aliphatic heterocycles. The first-order valence-corrected chi connectivity index (χ1v) is 11.4. The van der Waals surface area contributed by atoms with Gasteiger partial charge in [-0.25, -0.2) is 9.18 Å². The number of alkyl halides is 1. The van der Waals surface area contributed by atoms with Crippen molar-refractivity contribution in [2.45, 2.75) is 45.4 Å². The molecule has 0 saturated carbocycles. The average Bonchev–Trinajstić information content (AvgIpc) is 3.11. The van der Waals surface area contributed by atoms with Crippen LogP contribution in [-0.2, 0) is 32.4 Å². The molecule has 0 bridgehead atoms. The maximum absolute atomic E-state index is 13.9. The predicted octanol–water partition coefficient (Wildman–Crippen LogP) is 2.09. The predicted molar refractivity (Wildman–Crippen MR) is 118 cm³/mol. The molecule has 0 aliphatic carbocycles. The van der Waals surface area contributed by atoms with Gasteiger partial charge in [0.2, 0.25) is 0 Å². The summed E-state index contributed by atoms with van der Waals surface area (Å²) in [6.45, 7) is 8.27. The molecule has 0 aromatic heterocycles. The monoisotopic (exact) mass is 462 g/mol. The molecular weight excluding hydrogens is 431 g/mol. The summed E-state index contributed by atoms with van der Waals surface area (Å²) in [5.74, 6) is -0.992. The minimum Gasteiger partial charge on any atom is -0.378 e. The van der Waals surface area contributed by atoms with Crippen molar-refractivity contribution in [2.75, 3.05) is 50.8 Å². The first-order valence-electron chi connectivity index (χ1n) is 11.4. The fourth-order valence-electron chi connectivity index (χ4n) is 4.66. The number of imide groups is 1. The Kier molecular flexibility index (Phi) is 6.85. The van der Waals surface area contributed by atoms with E-state index < -0.39 is 30.1 Å². The van der Waals surface area contributed by atoms with Gasteiger partial charge in [0.15, 0.2) is 0 Å². The van der Waals surface area contributed by atoms with Crippen LogP contribution in [0.25, 0.3) is 0 Å². The Bertz CT molecular complexity index is 902. The maximum Gasteiger partial charge on any atom is 0.435 e. The number of benzene rings is 1. The third-order valence-corrected chi connectivity index (χ3v) is 6.48. The van der Waals surface area contributed by atoms with Crippen LogP contribution in [0.1, 0.15) is 37.8 Å². The summed E-state index contributed by atoms with van der Waals surface area (Å²) in [5.41, 5.74) is 2.01. The van der Waals surface area contributed by atoms with E-state index in [1.54, 1.807) is 4.90 Å². The molecule has 10 heteroatoms. The van der Waals surface area contributed by atoms with Gasteiger partial charge in [0.1, 0.15) is 6.67 Å². The molecule has 0 atom stereocenters. The van der Waals surface area contributed by atoms with Crippen molar-refractivity contribution in [3.63, 3.8) is 0 Å². The molecule has 0 radical (unpaired) electrons. The van der Waals surface area contributed by atoms with Gasteiger partial charge in [-0.1, -0.05) is 6.07 Å². The van der Waals surface area contributed by atoms with Crippen LogP contribution in [0.15, 0.2) is 18.2 Å². The van der Waals surface area contributed by atoms with Crippen LogP contribution in [-0.4, -0.2) is 84.2 Å². The molecule has 9 nitrogen and oxygen atoms in total. The summed E-state index contributed by atoms with van der Waals surface area (Å²) in [5, 5.41) is 0.578. The maximum atomic E-state index is 13.9. The van der Waals surface area contributed by atoms with Crippen molar-refractivity contribution >= 4 is 23.6 Å². The number of halogens is 1. The van der Waals surface area contributed by atoms with Gasteiger partial charge in [0.05, 0.1) is 18.8 Å². The molecule has 1 aromatic rings. The Morgan fingerprint density at radius 2 is 1.76 bits per heavy atom. The largest absolute Gasteiger partial charge is 0.435 e. The molecule has 4 rings (SSSR count). The van der Waals surface area contributed by atoms with E-state index in [4.69, 9.17) is 9.57 Å². The second-order valence-electron chi connectivity index (χ2n) is 9.30. The van der Waals surface area contributed by atoms with Crippen molar-refractivity contribution in [3.8, 4) is 0 Å². The van der Waals surface area contributed by atoms with Gasteiger partial charge in [0.25, 0.3) is 11.8 Å². The molecule has 33 heavy (non-hydrogen) atoms. The standard InChI is InChI=1S/C23H31FN4O5/c1-23(2)16-25(7-8-27(23)22(31)33-28-20(29)5-6-21(28)30)15-17-3-4-19(13-18(17)14-24)26-9-11-32-12-10-26/h3-4,13H,5-12,14-16H2,1-2H3. The van der Waals surface area contributed by atoms with Crippen LogP contribution in [0.3, 0.4) is 0 Å². The number of carbonyl (C=O) groups excluding carboxylic acids is 3. The quantitative estimate of drug-likeness (QED) is 0.620. The second-order valence-corrected chi connectivity index (χ2v) is 9.30. The zero-order valence-electron chi connectivity index (χ0n) is 19.2. The van der Waals surface area contributed by atoms with Gasteiger partial charge in [-0.05, 0) is 37.1 Å². The minimum atomic E-state index is -0.706. The van der Waals surface area contributed by atoms with Crippen LogP contribution < -0.4 is 4.90 Å². The van der Waals surface area contributed by atoms with E-state index in [0.717, 1.165) is 24.3 Å². The lowest BCUT2D eigenvalue weighted by atomic mass is 9.98. The number of amides is 3. The van der Waals surface area contributed by atoms with E-state index >= 15 is 0 Å². The van der Waals surface area contributed by atoms with Crippen LogP contribution >= 0.6 is 0 Å². The number of ether oxygens (including phenoxy) is 1. The summed E-state index contributed by atoms with van der Waals surface area (Å²) in [7, 11) is 0. The lowest BCUT2D eigenvalue weighted by molar-refractivity contribution is -0.175. The van der Waals surface area contributed by atoms with E-state index in [-0.39, 0.29) is 12.8 Å². The zero-order chi connectivity index (χ0) is 23.6. The highest BCUT2D eigenvalue weighted by molar-refractivity contribution is 6.01. The van der Waals surface area contributed by atoms with E-state index in [1.165, 1.54) is 0 Å². The van der Waals surface area contributed by atoms with E-state index in [1.807, 2.05) is 32.0 Å². The van der Waals surface area contributed by atoms with E-state index in [0.29, 0.717) is 50.0 Å².